The van der Waals surface area contributed by atoms with Crippen molar-refractivity contribution in [3.8, 4) is 11.3 Å². The molecule has 0 aromatic carbocycles. The highest BCUT2D eigenvalue weighted by molar-refractivity contribution is 5.92. The zero-order valence-electron chi connectivity index (χ0n) is 15.4. The van der Waals surface area contributed by atoms with Crippen molar-refractivity contribution in [1.82, 2.24) is 30.0 Å². The number of carbonyl (C=O) groups excluding carboxylic acids is 1. The smallest absolute Gasteiger partial charge is 0.342 e. The minimum Gasteiger partial charge on any atom is -0.342 e. The number of alkyl halides is 6. The van der Waals surface area contributed by atoms with E-state index in [-0.39, 0.29) is 11.3 Å². The average Bonchev–Trinajstić information content (AvgIpc) is 3.29. The third-order valence-electron chi connectivity index (χ3n) is 4.61. The van der Waals surface area contributed by atoms with Crippen molar-refractivity contribution in [3.63, 3.8) is 0 Å². The highest BCUT2D eigenvalue weighted by atomic mass is 19.4. The summed E-state index contributed by atoms with van der Waals surface area (Å²) in [5, 5.41) is 6.82. The van der Waals surface area contributed by atoms with Crippen LogP contribution in [0.25, 0.3) is 11.3 Å². The normalized spacial score (nSPS) is 16.3. The number of rotatable bonds is 3. The first-order valence-electron chi connectivity index (χ1n) is 8.84. The van der Waals surface area contributed by atoms with Gasteiger partial charge in [-0.05, 0) is 24.6 Å². The molecule has 1 atom stereocenters. The fourth-order valence-corrected chi connectivity index (χ4v) is 3.17. The fourth-order valence-electron chi connectivity index (χ4n) is 3.17. The Balaban J connectivity index is 1.55. The largest absolute Gasteiger partial charge is 0.434 e. The average molecular weight is 442 g/mol. The van der Waals surface area contributed by atoms with Gasteiger partial charge in [0, 0.05) is 18.3 Å². The summed E-state index contributed by atoms with van der Waals surface area (Å²) in [4.78, 5) is 22.4. The Morgan fingerprint density at radius 2 is 1.81 bits per heavy atom. The highest BCUT2D eigenvalue weighted by Crippen LogP contribution is 2.33. The summed E-state index contributed by atoms with van der Waals surface area (Å²) in [6.45, 7) is 0.367. The first-order chi connectivity index (χ1) is 14.5. The van der Waals surface area contributed by atoms with Crippen molar-refractivity contribution < 1.29 is 31.1 Å². The van der Waals surface area contributed by atoms with Gasteiger partial charge >= 0.3 is 12.4 Å². The Morgan fingerprint density at radius 1 is 1.06 bits per heavy atom. The van der Waals surface area contributed by atoms with Gasteiger partial charge in [-0.15, -0.1) is 0 Å². The summed E-state index contributed by atoms with van der Waals surface area (Å²) in [5.41, 5.74) is -1.91. The van der Waals surface area contributed by atoms with Crippen LogP contribution in [-0.2, 0) is 18.9 Å². The molecule has 1 aliphatic rings. The third kappa shape index (κ3) is 4.20. The molecular formula is C18H12F6N6O. The molecule has 0 saturated heterocycles. The maximum absolute atomic E-state index is 12.9. The maximum atomic E-state index is 12.9. The minimum atomic E-state index is -4.75. The minimum absolute atomic E-state index is 0.193. The molecule has 4 rings (SSSR count). The molecule has 31 heavy (non-hydrogen) atoms. The number of nitrogens with one attached hydrogen (secondary N) is 1. The van der Waals surface area contributed by atoms with Crippen LogP contribution >= 0.6 is 0 Å². The maximum Gasteiger partial charge on any atom is 0.434 e. The molecule has 3 aromatic heterocycles. The number of hydrogen-bond donors (Lipinski definition) is 1. The van der Waals surface area contributed by atoms with Crippen LogP contribution in [0.3, 0.4) is 0 Å². The molecule has 0 radical (unpaired) electrons. The van der Waals surface area contributed by atoms with E-state index in [0.717, 1.165) is 18.5 Å². The molecule has 1 amide bonds. The number of carbonyl (C=O) groups is 1. The molecule has 0 aliphatic carbocycles. The molecule has 1 aliphatic heterocycles. The number of aromatic nitrogens is 5. The number of amides is 1. The monoisotopic (exact) mass is 442 g/mol. The lowest BCUT2D eigenvalue weighted by Gasteiger charge is -2.12. The number of nitrogens with zero attached hydrogens (tertiary/aromatic N) is 5. The molecule has 0 spiro atoms. The zero-order chi connectivity index (χ0) is 22.4. The lowest BCUT2D eigenvalue weighted by Crippen LogP contribution is -2.28. The van der Waals surface area contributed by atoms with Crippen molar-refractivity contribution >= 4 is 5.91 Å². The van der Waals surface area contributed by atoms with E-state index in [4.69, 9.17) is 0 Å². The first-order valence-corrected chi connectivity index (χ1v) is 8.84. The van der Waals surface area contributed by atoms with Gasteiger partial charge in [-0.2, -0.15) is 31.4 Å². The van der Waals surface area contributed by atoms with E-state index in [0.29, 0.717) is 24.9 Å². The molecule has 3 aromatic rings. The van der Waals surface area contributed by atoms with Crippen LogP contribution in [0.1, 0.15) is 40.0 Å². The molecule has 4 heterocycles. The van der Waals surface area contributed by atoms with E-state index >= 15 is 0 Å². The van der Waals surface area contributed by atoms with Crippen molar-refractivity contribution in [2.24, 2.45) is 0 Å². The lowest BCUT2D eigenvalue weighted by atomic mass is 10.1. The standard InChI is InChI=1S/C18H12F6N6O/c19-17(20,21)14-5-9(1-3-26-14)11-6-13-10(2-4-30(13)29-11)28-16(31)12-7-25-8-15(27-12)18(22,23)24/h1,3,5-8,10H,2,4H2,(H,28,31). The highest BCUT2D eigenvalue weighted by Gasteiger charge is 2.35. The van der Waals surface area contributed by atoms with Crippen molar-refractivity contribution in [2.75, 3.05) is 0 Å². The number of pyridine rings is 1. The summed E-state index contributed by atoms with van der Waals surface area (Å²) >= 11 is 0. The summed E-state index contributed by atoms with van der Waals surface area (Å²) in [6.07, 6.45) is -6.50. The van der Waals surface area contributed by atoms with Crippen LogP contribution in [0.5, 0.6) is 0 Å². The Morgan fingerprint density at radius 3 is 2.52 bits per heavy atom. The van der Waals surface area contributed by atoms with Crippen LogP contribution in [0, 0.1) is 0 Å². The summed E-state index contributed by atoms with van der Waals surface area (Å²) in [5.74, 6) is -0.858. The Hall–Kier alpha value is -3.51. The van der Waals surface area contributed by atoms with Crippen LogP contribution in [-0.4, -0.2) is 30.6 Å². The summed E-state index contributed by atoms with van der Waals surface area (Å²) in [6, 6.07) is 3.16. The second kappa shape index (κ2) is 7.32. The van der Waals surface area contributed by atoms with Crippen LogP contribution in [0.2, 0.25) is 0 Å². The fraction of sp³-hybridized carbons (Fsp3) is 0.278. The number of halogens is 6. The van der Waals surface area contributed by atoms with Gasteiger partial charge in [0.05, 0.1) is 29.8 Å². The predicted molar refractivity (Wildman–Crippen MR) is 92.3 cm³/mol. The van der Waals surface area contributed by atoms with E-state index in [1.807, 2.05) is 0 Å². The molecule has 162 valence electrons. The van der Waals surface area contributed by atoms with Gasteiger partial charge in [0.25, 0.3) is 5.91 Å². The van der Waals surface area contributed by atoms with Crippen molar-refractivity contribution in [3.05, 3.63) is 59.6 Å². The van der Waals surface area contributed by atoms with E-state index in [1.165, 1.54) is 16.8 Å². The number of fused-ring (bicyclic) bond motifs is 1. The molecule has 1 unspecified atom stereocenters. The molecular weight excluding hydrogens is 430 g/mol. The van der Waals surface area contributed by atoms with Crippen LogP contribution < -0.4 is 5.32 Å². The lowest BCUT2D eigenvalue weighted by molar-refractivity contribution is -0.142. The van der Waals surface area contributed by atoms with Crippen molar-refractivity contribution in [1.29, 1.82) is 0 Å². The van der Waals surface area contributed by atoms with E-state index < -0.39 is 41.4 Å². The second-order valence-corrected chi connectivity index (χ2v) is 6.71. The van der Waals surface area contributed by atoms with Gasteiger partial charge < -0.3 is 5.32 Å². The molecule has 0 bridgehead atoms. The zero-order valence-corrected chi connectivity index (χ0v) is 15.4. The van der Waals surface area contributed by atoms with Gasteiger partial charge in [-0.3, -0.25) is 19.4 Å². The Labute approximate surface area is 170 Å². The summed E-state index contributed by atoms with van der Waals surface area (Å²) < 4.78 is 78.5. The van der Waals surface area contributed by atoms with Crippen LogP contribution in [0.4, 0.5) is 26.3 Å². The Bertz CT molecular complexity index is 1140. The van der Waals surface area contributed by atoms with Crippen molar-refractivity contribution in [2.45, 2.75) is 31.4 Å². The predicted octanol–water partition coefficient (Wildman–Crippen LogP) is 3.65. The van der Waals surface area contributed by atoms with Gasteiger partial charge in [0.1, 0.15) is 11.4 Å². The van der Waals surface area contributed by atoms with E-state index in [9.17, 15) is 31.1 Å². The molecule has 1 N–H and O–H groups in total. The van der Waals surface area contributed by atoms with Gasteiger partial charge in [0.15, 0.2) is 5.69 Å². The van der Waals surface area contributed by atoms with E-state index in [2.05, 4.69) is 25.4 Å². The Kier molecular flexibility index (Phi) is 4.90. The van der Waals surface area contributed by atoms with Gasteiger partial charge in [-0.25, -0.2) is 4.98 Å². The molecule has 0 saturated carbocycles. The van der Waals surface area contributed by atoms with E-state index in [1.54, 1.807) is 0 Å². The molecule has 13 heteroatoms. The summed E-state index contributed by atoms with van der Waals surface area (Å²) in [7, 11) is 0. The van der Waals surface area contributed by atoms with Gasteiger partial charge in [-0.1, -0.05) is 0 Å². The second-order valence-electron chi connectivity index (χ2n) is 6.71. The first kappa shape index (κ1) is 20.8. The topological polar surface area (TPSA) is 85.6 Å². The number of aryl methyl sites for hydroxylation is 1. The number of hydrogen-bond acceptors (Lipinski definition) is 5. The molecule has 0 fully saturated rings. The van der Waals surface area contributed by atoms with Gasteiger partial charge in [0.2, 0.25) is 0 Å². The molecule has 7 nitrogen and oxygen atoms in total. The van der Waals surface area contributed by atoms with Crippen LogP contribution in [0.15, 0.2) is 36.8 Å². The third-order valence-corrected chi connectivity index (χ3v) is 4.61. The quantitative estimate of drug-likeness (QED) is 0.626. The SMILES string of the molecule is O=C(NC1CCn2nc(-c3ccnc(C(F)(F)F)c3)cc21)c1cncc(C(F)(F)F)n1.